The standard InChI is InChI=1S/C15H15N3O6S2/c1-9-6-10(2-3-11(9)18(22)23)14(21)24-7-12(19)16-4-5-17-13(20)8-26-15(17)25/h2-3,6H,4-5,7-8H2,1H3,(H,16,19). The summed E-state index contributed by atoms with van der Waals surface area (Å²) in [7, 11) is 0. The number of hydrogen-bond acceptors (Lipinski definition) is 8. The Morgan fingerprint density at radius 2 is 2.19 bits per heavy atom. The third kappa shape index (κ3) is 4.99. The highest BCUT2D eigenvalue weighted by Crippen LogP contribution is 2.19. The van der Waals surface area contributed by atoms with Gasteiger partial charge in [0.2, 0.25) is 5.91 Å². The molecule has 11 heteroatoms. The molecule has 0 unspecified atom stereocenters. The molecule has 1 saturated heterocycles. The fraction of sp³-hybridized carbons (Fsp3) is 0.333. The third-order valence-electron chi connectivity index (χ3n) is 3.46. The van der Waals surface area contributed by atoms with Gasteiger partial charge in [0.1, 0.15) is 4.32 Å². The van der Waals surface area contributed by atoms with Gasteiger partial charge in [0.25, 0.3) is 11.6 Å². The first-order valence-corrected chi connectivity index (χ1v) is 8.85. The van der Waals surface area contributed by atoms with Crippen LogP contribution in [0.1, 0.15) is 15.9 Å². The van der Waals surface area contributed by atoms with Gasteiger partial charge in [-0.25, -0.2) is 4.79 Å². The molecule has 1 aliphatic rings. The minimum absolute atomic E-state index is 0.103. The lowest BCUT2D eigenvalue weighted by molar-refractivity contribution is -0.385. The molecule has 0 spiro atoms. The van der Waals surface area contributed by atoms with Gasteiger partial charge in [-0.1, -0.05) is 24.0 Å². The molecule has 0 radical (unpaired) electrons. The topological polar surface area (TPSA) is 119 Å². The third-order valence-corrected chi connectivity index (χ3v) is 4.89. The van der Waals surface area contributed by atoms with Crippen molar-refractivity contribution in [1.82, 2.24) is 10.2 Å². The summed E-state index contributed by atoms with van der Waals surface area (Å²) in [4.78, 5) is 46.7. The number of carbonyl (C=O) groups is 3. The summed E-state index contributed by atoms with van der Waals surface area (Å²) in [5.41, 5.74) is 0.329. The maximum atomic E-state index is 11.9. The van der Waals surface area contributed by atoms with Crippen molar-refractivity contribution in [3.63, 3.8) is 0 Å². The van der Waals surface area contributed by atoms with E-state index in [9.17, 15) is 24.5 Å². The highest BCUT2D eigenvalue weighted by atomic mass is 32.2. The van der Waals surface area contributed by atoms with Crippen LogP contribution >= 0.6 is 24.0 Å². The van der Waals surface area contributed by atoms with E-state index in [1.165, 1.54) is 41.8 Å². The fourth-order valence-corrected chi connectivity index (χ4v) is 3.28. The van der Waals surface area contributed by atoms with Gasteiger partial charge in [-0.15, -0.1) is 0 Å². The number of nitrogens with zero attached hydrogens (tertiary/aromatic N) is 2. The first kappa shape index (κ1) is 19.8. The molecule has 1 aromatic rings. The molecule has 26 heavy (non-hydrogen) atoms. The predicted molar refractivity (Wildman–Crippen MR) is 97.9 cm³/mol. The summed E-state index contributed by atoms with van der Waals surface area (Å²) >= 11 is 6.29. The molecule has 1 aliphatic heterocycles. The summed E-state index contributed by atoms with van der Waals surface area (Å²) in [5, 5.41) is 13.3. The number of carbonyl (C=O) groups excluding carboxylic acids is 3. The van der Waals surface area contributed by atoms with Gasteiger partial charge in [-0.05, 0) is 19.1 Å². The van der Waals surface area contributed by atoms with E-state index in [1.54, 1.807) is 0 Å². The van der Waals surface area contributed by atoms with Crippen molar-refractivity contribution in [1.29, 1.82) is 0 Å². The summed E-state index contributed by atoms with van der Waals surface area (Å²) in [6.07, 6.45) is 0. The number of nitro groups is 1. The normalized spacial score (nSPS) is 13.7. The van der Waals surface area contributed by atoms with Crippen LogP contribution in [0, 0.1) is 17.0 Å². The van der Waals surface area contributed by atoms with E-state index >= 15 is 0 Å². The number of nitro benzene ring substituents is 1. The second kappa shape index (κ2) is 8.72. The Labute approximate surface area is 158 Å². The van der Waals surface area contributed by atoms with E-state index in [0.717, 1.165) is 0 Å². The Kier molecular flexibility index (Phi) is 6.64. The van der Waals surface area contributed by atoms with Gasteiger partial charge in [0, 0.05) is 24.7 Å². The predicted octanol–water partition coefficient (Wildman–Crippen LogP) is 1.04. The zero-order valence-corrected chi connectivity index (χ0v) is 15.4. The molecular weight excluding hydrogens is 382 g/mol. The van der Waals surface area contributed by atoms with Crippen molar-refractivity contribution in [3.05, 3.63) is 39.4 Å². The first-order chi connectivity index (χ1) is 12.3. The number of benzene rings is 1. The Hall–Kier alpha value is -2.53. The molecule has 9 nitrogen and oxygen atoms in total. The lowest BCUT2D eigenvalue weighted by Gasteiger charge is -2.15. The minimum Gasteiger partial charge on any atom is -0.452 e. The molecule has 1 N–H and O–H groups in total. The van der Waals surface area contributed by atoms with Gasteiger partial charge in [0.15, 0.2) is 6.61 Å². The molecule has 0 atom stereocenters. The van der Waals surface area contributed by atoms with Crippen LogP contribution in [-0.2, 0) is 14.3 Å². The summed E-state index contributed by atoms with van der Waals surface area (Å²) in [6, 6.07) is 3.80. The maximum Gasteiger partial charge on any atom is 0.338 e. The smallest absolute Gasteiger partial charge is 0.338 e. The highest BCUT2D eigenvalue weighted by Gasteiger charge is 2.26. The van der Waals surface area contributed by atoms with Gasteiger partial charge >= 0.3 is 5.97 Å². The zero-order valence-electron chi connectivity index (χ0n) is 13.7. The van der Waals surface area contributed by atoms with E-state index in [0.29, 0.717) is 15.6 Å². The molecule has 2 rings (SSSR count). The van der Waals surface area contributed by atoms with Crippen molar-refractivity contribution in [2.75, 3.05) is 25.4 Å². The number of rotatable bonds is 7. The second-order valence-corrected chi connectivity index (χ2v) is 6.89. The number of hydrogen-bond donors (Lipinski definition) is 1. The number of thioether (sulfide) groups is 1. The molecule has 2 amide bonds. The molecule has 1 heterocycles. The summed E-state index contributed by atoms with van der Waals surface area (Å²) in [5.74, 6) is -1.08. The minimum atomic E-state index is -0.759. The first-order valence-electron chi connectivity index (χ1n) is 7.45. The molecule has 0 aliphatic carbocycles. The highest BCUT2D eigenvalue weighted by molar-refractivity contribution is 8.23. The van der Waals surface area contributed by atoms with E-state index in [1.807, 2.05) is 0 Å². The van der Waals surface area contributed by atoms with Crippen molar-refractivity contribution in [3.8, 4) is 0 Å². The monoisotopic (exact) mass is 397 g/mol. The van der Waals surface area contributed by atoms with Crippen LogP contribution in [0.3, 0.4) is 0 Å². The van der Waals surface area contributed by atoms with Crippen LogP contribution in [0.5, 0.6) is 0 Å². The Morgan fingerprint density at radius 3 is 2.77 bits per heavy atom. The fourth-order valence-electron chi connectivity index (χ4n) is 2.16. The SMILES string of the molecule is Cc1cc(C(=O)OCC(=O)NCCN2C(=O)CSC2=S)ccc1[N+](=O)[O-]. The van der Waals surface area contributed by atoms with Gasteiger partial charge < -0.3 is 10.1 Å². The van der Waals surface area contributed by atoms with Gasteiger partial charge in [-0.2, -0.15) is 0 Å². The maximum absolute atomic E-state index is 11.9. The summed E-state index contributed by atoms with van der Waals surface area (Å²) in [6.45, 7) is 1.44. The number of nitrogens with one attached hydrogen (secondary N) is 1. The molecule has 138 valence electrons. The number of esters is 1. The number of ether oxygens (including phenoxy) is 1. The number of thiocarbonyl (C=S) groups is 1. The number of amides is 2. The van der Waals surface area contributed by atoms with Crippen LogP contribution in [0.25, 0.3) is 0 Å². The van der Waals surface area contributed by atoms with Crippen LogP contribution in [-0.4, -0.2) is 57.4 Å². The Bertz CT molecular complexity index is 767. The van der Waals surface area contributed by atoms with E-state index < -0.39 is 23.4 Å². The van der Waals surface area contributed by atoms with E-state index in [-0.39, 0.29) is 30.2 Å². The Balaban J connectivity index is 1.77. The largest absolute Gasteiger partial charge is 0.452 e. The molecule has 0 aromatic heterocycles. The second-order valence-electron chi connectivity index (χ2n) is 5.28. The van der Waals surface area contributed by atoms with Crippen molar-refractivity contribution >= 4 is 51.8 Å². The van der Waals surface area contributed by atoms with E-state index in [4.69, 9.17) is 17.0 Å². The molecule has 0 bridgehead atoms. The average Bonchev–Trinajstić information content (AvgIpc) is 2.91. The molecule has 1 fully saturated rings. The van der Waals surface area contributed by atoms with Crippen LogP contribution in [0.2, 0.25) is 0 Å². The van der Waals surface area contributed by atoms with Gasteiger partial charge in [-0.3, -0.25) is 24.6 Å². The van der Waals surface area contributed by atoms with Crippen molar-refractivity contribution in [2.45, 2.75) is 6.92 Å². The van der Waals surface area contributed by atoms with Crippen molar-refractivity contribution in [2.24, 2.45) is 0 Å². The Morgan fingerprint density at radius 1 is 1.46 bits per heavy atom. The van der Waals surface area contributed by atoms with Crippen LogP contribution < -0.4 is 5.32 Å². The quantitative estimate of drug-likeness (QED) is 0.314. The average molecular weight is 397 g/mol. The summed E-state index contributed by atoms with van der Waals surface area (Å²) < 4.78 is 5.35. The lowest BCUT2D eigenvalue weighted by atomic mass is 10.1. The van der Waals surface area contributed by atoms with E-state index in [2.05, 4.69) is 5.32 Å². The van der Waals surface area contributed by atoms with Gasteiger partial charge in [0.05, 0.1) is 16.2 Å². The number of aryl methyl sites for hydroxylation is 1. The molecule has 1 aromatic carbocycles. The van der Waals surface area contributed by atoms with Crippen molar-refractivity contribution < 1.29 is 24.0 Å². The van der Waals surface area contributed by atoms with Crippen LogP contribution in [0.4, 0.5) is 5.69 Å². The lowest BCUT2D eigenvalue weighted by Crippen LogP contribution is -2.38. The van der Waals surface area contributed by atoms with Crippen LogP contribution in [0.15, 0.2) is 18.2 Å². The molecular formula is C15H15N3O6S2. The zero-order chi connectivity index (χ0) is 19.3. The molecule has 0 saturated carbocycles.